The second-order valence-corrected chi connectivity index (χ2v) is 6.58. The molecule has 1 heterocycles. The predicted molar refractivity (Wildman–Crippen MR) is 100 cm³/mol. The molecule has 0 bridgehead atoms. The molecule has 5 nitrogen and oxygen atoms in total. The van der Waals surface area contributed by atoms with Crippen LogP contribution in [0.2, 0.25) is 5.02 Å². The van der Waals surface area contributed by atoms with Gasteiger partial charge in [-0.05, 0) is 30.7 Å². The molecule has 0 radical (unpaired) electrons. The Morgan fingerprint density at radius 1 is 1.23 bits per heavy atom. The highest BCUT2D eigenvalue weighted by Gasteiger charge is 2.31. The van der Waals surface area contributed by atoms with Crippen molar-refractivity contribution >= 4 is 23.4 Å². The third kappa shape index (κ3) is 4.17. The van der Waals surface area contributed by atoms with Crippen molar-refractivity contribution in [3.05, 3.63) is 64.7 Å². The van der Waals surface area contributed by atoms with Gasteiger partial charge in [0.1, 0.15) is 5.75 Å². The molecule has 1 atom stereocenters. The number of hydrogen-bond acceptors (Lipinski definition) is 3. The van der Waals surface area contributed by atoms with Gasteiger partial charge in [0.25, 0.3) is 5.91 Å². The Hall–Kier alpha value is -2.53. The van der Waals surface area contributed by atoms with E-state index in [1.165, 1.54) is 0 Å². The summed E-state index contributed by atoms with van der Waals surface area (Å²) in [4.78, 5) is 26.6. The van der Waals surface area contributed by atoms with Crippen molar-refractivity contribution in [1.82, 2.24) is 10.2 Å². The van der Waals surface area contributed by atoms with Gasteiger partial charge in [-0.2, -0.15) is 0 Å². The Morgan fingerprint density at radius 2 is 1.96 bits per heavy atom. The van der Waals surface area contributed by atoms with Crippen molar-refractivity contribution < 1.29 is 14.3 Å². The molecule has 6 heteroatoms. The van der Waals surface area contributed by atoms with Gasteiger partial charge in [-0.3, -0.25) is 9.59 Å². The van der Waals surface area contributed by atoms with Gasteiger partial charge >= 0.3 is 0 Å². The summed E-state index contributed by atoms with van der Waals surface area (Å²) >= 11 is 6.18. The molecule has 0 aliphatic carbocycles. The topological polar surface area (TPSA) is 58.6 Å². The first-order chi connectivity index (χ1) is 12.6. The molecule has 0 aromatic heterocycles. The summed E-state index contributed by atoms with van der Waals surface area (Å²) in [6.07, 6.45) is 0.285. The van der Waals surface area contributed by atoms with Gasteiger partial charge in [0, 0.05) is 24.5 Å². The van der Waals surface area contributed by atoms with E-state index < -0.39 is 0 Å². The van der Waals surface area contributed by atoms with E-state index in [0.29, 0.717) is 36.0 Å². The number of carbonyl (C=O) groups is 2. The van der Waals surface area contributed by atoms with E-state index in [0.717, 1.165) is 5.56 Å². The maximum Gasteiger partial charge on any atom is 0.255 e. The molecule has 136 valence electrons. The lowest BCUT2D eigenvalue weighted by Gasteiger charge is -2.18. The minimum atomic E-state index is -0.230. The highest BCUT2D eigenvalue weighted by atomic mass is 35.5. The van der Waals surface area contributed by atoms with Crippen LogP contribution in [0.1, 0.15) is 29.3 Å². The molecule has 0 spiro atoms. The zero-order valence-corrected chi connectivity index (χ0v) is 15.3. The Kier molecular flexibility index (Phi) is 5.78. The molecule has 2 aromatic carbocycles. The second-order valence-electron chi connectivity index (χ2n) is 6.17. The summed E-state index contributed by atoms with van der Waals surface area (Å²) < 4.78 is 5.50. The zero-order chi connectivity index (χ0) is 18.5. The summed E-state index contributed by atoms with van der Waals surface area (Å²) in [6.45, 7) is 3.27. The van der Waals surface area contributed by atoms with Crippen LogP contribution in [0.15, 0.2) is 48.5 Å². The zero-order valence-electron chi connectivity index (χ0n) is 14.6. The molecule has 1 N–H and O–H groups in total. The lowest BCUT2D eigenvalue weighted by atomic mass is 10.1. The van der Waals surface area contributed by atoms with E-state index in [-0.39, 0.29) is 24.3 Å². The standard InChI is InChI=1S/C20H21ClN2O3/c1-2-26-18-10-6-4-8-16(18)20(25)22-15-11-19(24)23(13-15)12-14-7-3-5-9-17(14)21/h3-10,15H,2,11-13H2,1H3,(H,22,25)/t15-/m0/s1. The van der Waals surface area contributed by atoms with E-state index in [4.69, 9.17) is 16.3 Å². The highest BCUT2D eigenvalue weighted by molar-refractivity contribution is 6.31. The van der Waals surface area contributed by atoms with Crippen molar-refractivity contribution in [3.63, 3.8) is 0 Å². The van der Waals surface area contributed by atoms with Gasteiger partial charge in [0.15, 0.2) is 0 Å². The van der Waals surface area contributed by atoms with Gasteiger partial charge in [0.2, 0.25) is 5.91 Å². The normalized spacial score (nSPS) is 16.6. The summed E-state index contributed by atoms with van der Waals surface area (Å²) in [5.41, 5.74) is 1.38. The maximum absolute atomic E-state index is 12.6. The molecule has 1 saturated heterocycles. The van der Waals surface area contributed by atoms with Crippen LogP contribution < -0.4 is 10.1 Å². The number of benzene rings is 2. The molecule has 26 heavy (non-hydrogen) atoms. The molecule has 2 amide bonds. The number of ether oxygens (including phenoxy) is 1. The van der Waals surface area contributed by atoms with E-state index in [9.17, 15) is 9.59 Å². The quantitative estimate of drug-likeness (QED) is 0.846. The smallest absolute Gasteiger partial charge is 0.255 e. The van der Waals surface area contributed by atoms with Crippen molar-refractivity contribution in [1.29, 1.82) is 0 Å². The van der Waals surface area contributed by atoms with Gasteiger partial charge in [-0.1, -0.05) is 41.9 Å². The van der Waals surface area contributed by atoms with Crippen LogP contribution in [0.3, 0.4) is 0 Å². The minimum Gasteiger partial charge on any atom is -0.493 e. The van der Waals surface area contributed by atoms with Gasteiger partial charge in [-0.25, -0.2) is 0 Å². The first kappa shape index (κ1) is 18.3. The van der Waals surface area contributed by atoms with Gasteiger partial charge < -0.3 is 15.0 Å². The van der Waals surface area contributed by atoms with Crippen LogP contribution in [0.4, 0.5) is 0 Å². The first-order valence-electron chi connectivity index (χ1n) is 8.62. The number of amides is 2. The van der Waals surface area contributed by atoms with Crippen molar-refractivity contribution in [2.75, 3.05) is 13.2 Å². The van der Waals surface area contributed by atoms with Crippen molar-refractivity contribution in [2.24, 2.45) is 0 Å². The molecule has 1 aliphatic heterocycles. The molecule has 0 saturated carbocycles. The number of para-hydroxylation sites is 1. The average Bonchev–Trinajstić information content (AvgIpc) is 2.97. The molecule has 1 fully saturated rings. The number of carbonyl (C=O) groups excluding carboxylic acids is 2. The number of nitrogens with zero attached hydrogens (tertiary/aromatic N) is 1. The summed E-state index contributed by atoms with van der Waals surface area (Å²) in [7, 11) is 0. The largest absolute Gasteiger partial charge is 0.493 e. The fourth-order valence-corrected chi connectivity index (χ4v) is 3.25. The Labute approximate surface area is 157 Å². The van der Waals surface area contributed by atoms with E-state index in [1.807, 2.05) is 31.2 Å². The van der Waals surface area contributed by atoms with E-state index in [1.54, 1.807) is 29.2 Å². The van der Waals surface area contributed by atoms with Crippen LogP contribution in [0, 0.1) is 0 Å². The molecule has 0 unspecified atom stereocenters. The molecule has 1 aliphatic rings. The Bertz CT molecular complexity index is 809. The fourth-order valence-electron chi connectivity index (χ4n) is 3.05. The second kappa shape index (κ2) is 8.23. The lowest BCUT2D eigenvalue weighted by molar-refractivity contribution is -0.128. The summed E-state index contributed by atoms with van der Waals surface area (Å²) in [5.74, 6) is 0.324. The predicted octanol–water partition coefficient (Wildman–Crippen LogP) is 3.27. The highest BCUT2D eigenvalue weighted by Crippen LogP contribution is 2.22. The average molecular weight is 373 g/mol. The number of halogens is 1. The number of nitrogens with one attached hydrogen (secondary N) is 1. The van der Waals surface area contributed by atoms with Crippen LogP contribution in [-0.4, -0.2) is 35.9 Å². The fraction of sp³-hybridized carbons (Fsp3) is 0.300. The summed E-state index contributed by atoms with van der Waals surface area (Å²) in [6, 6.07) is 14.3. The number of hydrogen-bond donors (Lipinski definition) is 1. The van der Waals surface area contributed by atoms with E-state index in [2.05, 4.69) is 5.32 Å². The Morgan fingerprint density at radius 3 is 2.73 bits per heavy atom. The minimum absolute atomic E-state index is 0.00770. The van der Waals surface area contributed by atoms with Crippen LogP contribution in [0.25, 0.3) is 0 Å². The Balaban J connectivity index is 1.64. The van der Waals surface area contributed by atoms with Crippen molar-refractivity contribution in [3.8, 4) is 5.75 Å². The van der Waals surface area contributed by atoms with Crippen LogP contribution in [0.5, 0.6) is 5.75 Å². The van der Waals surface area contributed by atoms with Crippen LogP contribution in [-0.2, 0) is 11.3 Å². The molecule has 3 rings (SSSR count). The van der Waals surface area contributed by atoms with E-state index >= 15 is 0 Å². The molecular weight excluding hydrogens is 352 g/mol. The third-order valence-corrected chi connectivity index (χ3v) is 4.67. The van der Waals surface area contributed by atoms with Gasteiger partial charge in [0.05, 0.1) is 18.2 Å². The third-order valence-electron chi connectivity index (χ3n) is 4.30. The lowest BCUT2D eigenvalue weighted by Crippen LogP contribution is -2.37. The first-order valence-corrected chi connectivity index (χ1v) is 9.00. The molecular formula is C20H21ClN2O3. The number of rotatable bonds is 6. The van der Waals surface area contributed by atoms with Crippen molar-refractivity contribution in [2.45, 2.75) is 25.9 Å². The summed E-state index contributed by atoms with van der Waals surface area (Å²) in [5, 5.41) is 3.58. The maximum atomic E-state index is 12.6. The van der Waals surface area contributed by atoms with Crippen LogP contribution >= 0.6 is 11.6 Å². The molecule has 2 aromatic rings. The van der Waals surface area contributed by atoms with Gasteiger partial charge in [-0.15, -0.1) is 0 Å². The monoisotopic (exact) mass is 372 g/mol. The number of likely N-dealkylation sites (tertiary alicyclic amines) is 1. The SMILES string of the molecule is CCOc1ccccc1C(=O)N[C@H]1CC(=O)N(Cc2ccccc2Cl)C1.